The van der Waals surface area contributed by atoms with Crippen molar-refractivity contribution in [3.8, 4) is 0 Å². The van der Waals surface area contributed by atoms with E-state index < -0.39 is 5.97 Å². The Hall–Kier alpha value is -1.46. The number of aliphatic carboxylic acids is 1. The van der Waals surface area contributed by atoms with E-state index in [9.17, 15) is 9.59 Å². The average Bonchev–Trinajstić information content (AvgIpc) is 3.15. The third-order valence-electron chi connectivity index (χ3n) is 3.43. The van der Waals surface area contributed by atoms with Gasteiger partial charge in [0.05, 0.1) is 6.42 Å². The van der Waals surface area contributed by atoms with Crippen LogP contribution in [0.4, 0.5) is 4.79 Å². The van der Waals surface area contributed by atoms with Crippen LogP contribution in [0, 0.1) is 5.92 Å². The molecule has 0 saturated heterocycles. The van der Waals surface area contributed by atoms with Crippen LogP contribution >= 0.6 is 23.2 Å². The van der Waals surface area contributed by atoms with Crippen LogP contribution in [0.5, 0.6) is 0 Å². The molecule has 1 fully saturated rings. The van der Waals surface area contributed by atoms with Gasteiger partial charge in [-0.3, -0.25) is 4.79 Å². The SMILES string of the molecule is O=C(O)CCNC(=O)NC[C@@H]1C[C@H]1c1ccc(Cl)cc1Cl. The third-order valence-corrected chi connectivity index (χ3v) is 4.00. The number of rotatable bonds is 6. The van der Waals surface area contributed by atoms with Crippen LogP contribution in [0.1, 0.15) is 24.3 Å². The van der Waals surface area contributed by atoms with Gasteiger partial charge in [-0.25, -0.2) is 4.79 Å². The van der Waals surface area contributed by atoms with Gasteiger partial charge < -0.3 is 15.7 Å². The minimum Gasteiger partial charge on any atom is -0.481 e. The van der Waals surface area contributed by atoms with E-state index in [1.54, 1.807) is 6.07 Å². The van der Waals surface area contributed by atoms with Crippen molar-refractivity contribution in [3.05, 3.63) is 33.8 Å². The fraction of sp³-hybridized carbons (Fsp3) is 0.429. The number of amides is 2. The summed E-state index contributed by atoms with van der Waals surface area (Å²) in [5.41, 5.74) is 1.05. The van der Waals surface area contributed by atoms with Gasteiger partial charge in [-0.05, 0) is 36.0 Å². The van der Waals surface area contributed by atoms with Gasteiger partial charge in [0.1, 0.15) is 0 Å². The predicted molar refractivity (Wildman–Crippen MR) is 81.0 cm³/mol. The number of halogens is 2. The van der Waals surface area contributed by atoms with Crippen LogP contribution in [-0.2, 0) is 4.79 Å². The van der Waals surface area contributed by atoms with Crippen molar-refractivity contribution >= 4 is 35.2 Å². The molecule has 5 nitrogen and oxygen atoms in total. The second kappa shape index (κ2) is 7.00. The highest BCUT2D eigenvalue weighted by Gasteiger charge is 2.39. The number of urea groups is 1. The van der Waals surface area contributed by atoms with Crippen LogP contribution in [0.15, 0.2) is 18.2 Å². The Morgan fingerprint density at radius 1 is 1.29 bits per heavy atom. The number of hydrogen-bond donors (Lipinski definition) is 3. The summed E-state index contributed by atoms with van der Waals surface area (Å²) < 4.78 is 0. The Morgan fingerprint density at radius 2 is 2.05 bits per heavy atom. The number of hydrogen-bond acceptors (Lipinski definition) is 2. The number of carboxylic acids is 1. The molecule has 0 radical (unpaired) electrons. The van der Waals surface area contributed by atoms with Gasteiger partial charge >= 0.3 is 12.0 Å². The fourth-order valence-corrected chi connectivity index (χ4v) is 2.77. The zero-order chi connectivity index (χ0) is 15.4. The Balaban J connectivity index is 1.72. The topological polar surface area (TPSA) is 78.4 Å². The van der Waals surface area contributed by atoms with Gasteiger partial charge in [0.2, 0.25) is 0 Å². The molecule has 0 aromatic heterocycles. The second-order valence-electron chi connectivity index (χ2n) is 5.05. The van der Waals surface area contributed by atoms with Gasteiger partial charge in [0.15, 0.2) is 0 Å². The van der Waals surface area contributed by atoms with E-state index in [1.165, 1.54) is 0 Å². The smallest absolute Gasteiger partial charge is 0.314 e. The van der Waals surface area contributed by atoms with E-state index >= 15 is 0 Å². The summed E-state index contributed by atoms with van der Waals surface area (Å²) in [4.78, 5) is 21.8. The third kappa shape index (κ3) is 4.79. The van der Waals surface area contributed by atoms with Gasteiger partial charge in [-0.2, -0.15) is 0 Å². The Morgan fingerprint density at radius 3 is 2.71 bits per heavy atom. The summed E-state index contributed by atoms with van der Waals surface area (Å²) >= 11 is 12.0. The minimum absolute atomic E-state index is 0.0835. The van der Waals surface area contributed by atoms with Gasteiger partial charge in [0, 0.05) is 23.1 Å². The molecule has 2 atom stereocenters. The van der Waals surface area contributed by atoms with Crippen LogP contribution in [-0.4, -0.2) is 30.2 Å². The average molecular weight is 331 g/mol. The molecule has 7 heteroatoms. The zero-order valence-electron chi connectivity index (χ0n) is 11.2. The Labute approximate surface area is 132 Å². The number of carboxylic acid groups (broad SMARTS) is 1. The van der Waals surface area contributed by atoms with Crippen molar-refractivity contribution < 1.29 is 14.7 Å². The summed E-state index contributed by atoms with van der Waals surface area (Å²) in [5, 5.41) is 15.0. The molecule has 0 spiro atoms. The molecule has 2 rings (SSSR count). The highest BCUT2D eigenvalue weighted by molar-refractivity contribution is 6.35. The largest absolute Gasteiger partial charge is 0.481 e. The summed E-state index contributed by atoms with van der Waals surface area (Å²) in [6, 6.07) is 5.11. The van der Waals surface area contributed by atoms with Crippen molar-refractivity contribution in [3.63, 3.8) is 0 Å². The van der Waals surface area contributed by atoms with E-state index in [1.807, 2.05) is 12.1 Å². The molecule has 0 bridgehead atoms. The lowest BCUT2D eigenvalue weighted by molar-refractivity contribution is -0.136. The van der Waals surface area contributed by atoms with Crippen molar-refractivity contribution in [2.24, 2.45) is 5.92 Å². The van der Waals surface area contributed by atoms with Gasteiger partial charge in [0.25, 0.3) is 0 Å². The molecule has 1 aromatic carbocycles. The lowest BCUT2D eigenvalue weighted by Crippen LogP contribution is -2.37. The first-order valence-corrected chi connectivity index (χ1v) is 7.41. The molecular weight excluding hydrogens is 315 g/mol. The highest BCUT2D eigenvalue weighted by atomic mass is 35.5. The van der Waals surface area contributed by atoms with Crippen LogP contribution < -0.4 is 10.6 Å². The highest BCUT2D eigenvalue weighted by Crippen LogP contribution is 2.49. The molecule has 1 aromatic rings. The molecule has 1 aliphatic rings. The number of nitrogens with one attached hydrogen (secondary N) is 2. The molecule has 0 heterocycles. The number of carbonyl (C=O) groups is 2. The summed E-state index contributed by atoms with van der Waals surface area (Å²) in [6.45, 7) is 0.667. The maximum atomic E-state index is 11.5. The van der Waals surface area contributed by atoms with E-state index in [0.717, 1.165) is 12.0 Å². The first kappa shape index (κ1) is 15.9. The maximum absolute atomic E-state index is 11.5. The summed E-state index contributed by atoms with van der Waals surface area (Å²) in [7, 11) is 0. The first-order valence-electron chi connectivity index (χ1n) is 6.66. The predicted octanol–water partition coefficient (Wildman–Crippen LogP) is 2.87. The minimum atomic E-state index is -0.935. The Bertz CT molecular complexity index is 551. The summed E-state index contributed by atoms with van der Waals surface area (Å²) in [5.74, 6) is -0.238. The normalized spacial score (nSPS) is 19.9. The molecule has 0 aliphatic heterocycles. The monoisotopic (exact) mass is 330 g/mol. The molecule has 1 saturated carbocycles. The van der Waals surface area contributed by atoms with Crippen LogP contribution in [0.25, 0.3) is 0 Å². The standard InChI is InChI=1S/C14H16Cl2N2O3/c15-9-1-2-10(12(16)6-9)11-5-8(11)7-18-14(21)17-4-3-13(19)20/h1-2,6,8,11H,3-5,7H2,(H,19,20)(H2,17,18,21)/t8-,11+/m0/s1. The van der Waals surface area contributed by atoms with Crippen LogP contribution in [0.2, 0.25) is 10.0 Å². The fourth-order valence-electron chi connectivity index (χ4n) is 2.23. The zero-order valence-corrected chi connectivity index (χ0v) is 12.7. The second-order valence-corrected chi connectivity index (χ2v) is 5.89. The number of carbonyl (C=O) groups excluding carboxylic acids is 1. The first-order chi connectivity index (χ1) is 9.97. The molecule has 2 amide bonds. The van der Waals surface area contributed by atoms with E-state index in [0.29, 0.717) is 28.4 Å². The number of benzene rings is 1. The lowest BCUT2D eigenvalue weighted by atomic mass is 10.1. The van der Waals surface area contributed by atoms with Crippen molar-refractivity contribution in [1.82, 2.24) is 10.6 Å². The van der Waals surface area contributed by atoms with Crippen molar-refractivity contribution in [2.45, 2.75) is 18.8 Å². The van der Waals surface area contributed by atoms with E-state index in [2.05, 4.69) is 10.6 Å². The Kier molecular flexibility index (Phi) is 5.31. The van der Waals surface area contributed by atoms with Crippen LogP contribution in [0.3, 0.4) is 0 Å². The molecule has 0 unspecified atom stereocenters. The molecule has 1 aliphatic carbocycles. The van der Waals surface area contributed by atoms with Gasteiger partial charge in [-0.1, -0.05) is 29.3 Å². The van der Waals surface area contributed by atoms with Crippen molar-refractivity contribution in [1.29, 1.82) is 0 Å². The molecule has 21 heavy (non-hydrogen) atoms. The maximum Gasteiger partial charge on any atom is 0.314 e. The van der Waals surface area contributed by atoms with Crippen molar-refractivity contribution in [2.75, 3.05) is 13.1 Å². The summed E-state index contributed by atoms with van der Waals surface area (Å²) in [6.07, 6.45) is 0.886. The quantitative estimate of drug-likeness (QED) is 0.750. The lowest BCUT2D eigenvalue weighted by Gasteiger charge is -2.07. The van der Waals surface area contributed by atoms with E-state index in [-0.39, 0.29) is 19.0 Å². The molecular formula is C14H16Cl2N2O3. The molecule has 114 valence electrons. The van der Waals surface area contributed by atoms with Gasteiger partial charge in [-0.15, -0.1) is 0 Å². The molecule has 3 N–H and O–H groups in total. The van der Waals surface area contributed by atoms with E-state index in [4.69, 9.17) is 28.3 Å².